The molecular formula is C22H24N4O. The summed E-state index contributed by atoms with van der Waals surface area (Å²) in [6.45, 7) is 8.03. The molecule has 138 valence electrons. The van der Waals surface area contributed by atoms with Gasteiger partial charge in [0.25, 0.3) is 5.91 Å². The largest absolute Gasteiger partial charge is 0.336 e. The van der Waals surface area contributed by atoms with Crippen molar-refractivity contribution in [2.24, 2.45) is 0 Å². The molecule has 27 heavy (non-hydrogen) atoms. The molecule has 3 aromatic rings. The quantitative estimate of drug-likeness (QED) is 0.720. The molecule has 1 amide bonds. The van der Waals surface area contributed by atoms with E-state index in [1.165, 1.54) is 0 Å². The van der Waals surface area contributed by atoms with E-state index in [0.717, 1.165) is 66.1 Å². The Morgan fingerprint density at radius 3 is 2.59 bits per heavy atom. The summed E-state index contributed by atoms with van der Waals surface area (Å²) in [7, 11) is 0. The Labute approximate surface area is 159 Å². The number of hydrogen-bond donors (Lipinski definition) is 0. The topological polar surface area (TPSA) is 49.3 Å². The van der Waals surface area contributed by atoms with Gasteiger partial charge in [0.15, 0.2) is 0 Å². The second-order valence-electron chi connectivity index (χ2n) is 7.22. The third-order valence-corrected chi connectivity index (χ3v) is 5.09. The predicted octanol–water partition coefficient (Wildman–Crippen LogP) is 3.20. The van der Waals surface area contributed by atoms with Crippen LogP contribution < -0.4 is 0 Å². The lowest BCUT2D eigenvalue weighted by atomic mass is 10.0. The van der Waals surface area contributed by atoms with Crippen LogP contribution in [-0.4, -0.2) is 51.9 Å². The van der Waals surface area contributed by atoms with Crippen molar-refractivity contribution in [2.45, 2.75) is 20.4 Å². The van der Waals surface area contributed by atoms with Gasteiger partial charge in [-0.3, -0.25) is 19.7 Å². The van der Waals surface area contributed by atoms with Crippen molar-refractivity contribution in [1.82, 2.24) is 19.8 Å². The number of amides is 1. The number of benzene rings is 1. The van der Waals surface area contributed by atoms with Crippen LogP contribution in [0.25, 0.3) is 10.9 Å². The van der Waals surface area contributed by atoms with Crippen molar-refractivity contribution in [3.63, 3.8) is 0 Å². The summed E-state index contributed by atoms with van der Waals surface area (Å²) in [5.74, 6) is 0.105. The zero-order valence-corrected chi connectivity index (χ0v) is 15.9. The molecule has 1 saturated heterocycles. The molecule has 0 atom stereocenters. The molecule has 0 aliphatic carbocycles. The van der Waals surface area contributed by atoms with Gasteiger partial charge in [-0.05, 0) is 44.2 Å². The zero-order chi connectivity index (χ0) is 18.8. The first kappa shape index (κ1) is 17.6. The standard InChI is InChI=1S/C22H24N4O/c1-16-6-7-21-19(13-16)20(14-17(2)24-21)22(27)26-11-9-25(10-12-26)15-18-5-3-4-8-23-18/h3-8,13-14H,9-12,15H2,1-2H3. The molecule has 1 aromatic carbocycles. The van der Waals surface area contributed by atoms with E-state index < -0.39 is 0 Å². The van der Waals surface area contributed by atoms with Crippen LogP contribution in [0, 0.1) is 13.8 Å². The Morgan fingerprint density at radius 2 is 1.85 bits per heavy atom. The van der Waals surface area contributed by atoms with Crippen LogP contribution in [0.2, 0.25) is 0 Å². The molecule has 5 heteroatoms. The number of aryl methyl sites for hydroxylation is 2. The summed E-state index contributed by atoms with van der Waals surface area (Å²) in [6, 6.07) is 14.0. The smallest absolute Gasteiger partial charge is 0.254 e. The molecule has 0 N–H and O–H groups in total. The molecule has 1 fully saturated rings. The number of piperazine rings is 1. The average molecular weight is 360 g/mol. The van der Waals surface area contributed by atoms with Crippen molar-refractivity contribution in [3.05, 3.63) is 71.2 Å². The Hall–Kier alpha value is -2.79. The molecule has 4 rings (SSSR count). The number of fused-ring (bicyclic) bond motifs is 1. The van der Waals surface area contributed by atoms with Gasteiger partial charge in [0, 0.05) is 50.0 Å². The van der Waals surface area contributed by atoms with Crippen LogP contribution in [0.5, 0.6) is 0 Å². The second-order valence-corrected chi connectivity index (χ2v) is 7.22. The fourth-order valence-corrected chi connectivity index (χ4v) is 3.65. The highest BCUT2D eigenvalue weighted by Crippen LogP contribution is 2.22. The van der Waals surface area contributed by atoms with Crippen LogP contribution in [0.4, 0.5) is 0 Å². The van der Waals surface area contributed by atoms with E-state index in [0.29, 0.717) is 0 Å². The number of aromatic nitrogens is 2. The maximum Gasteiger partial charge on any atom is 0.254 e. The van der Waals surface area contributed by atoms with Crippen LogP contribution in [0.3, 0.4) is 0 Å². The zero-order valence-electron chi connectivity index (χ0n) is 15.9. The summed E-state index contributed by atoms with van der Waals surface area (Å²) in [6.07, 6.45) is 1.83. The first-order chi connectivity index (χ1) is 13.1. The molecule has 1 aliphatic heterocycles. The third-order valence-electron chi connectivity index (χ3n) is 5.09. The van der Waals surface area contributed by atoms with Crippen LogP contribution in [0.15, 0.2) is 48.7 Å². The molecule has 0 spiro atoms. The fraction of sp³-hybridized carbons (Fsp3) is 0.318. The molecule has 2 aromatic heterocycles. The molecule has 0 unspecified atom stereocenters. The van der Waals surface area contributed by atoms with E-state index in [1.807, 2.05) is 61.3 Å². The monoisotopic (exact) mass is 360 g/mol. The average Bonchev–Trinajstić information content (AvgIpc) is 2.68. The number of carbonyl (C=O) groups excluding carboxylic acids is 1. The molecule has 1 aliphatic rings. The second kappa shape index (κ2) is 7.45. The summed E-state index contributed by atoms with van der Waals surface area (Å²) in [5, 5.41) is 0.946. The number of hydrogen-bond acceptors (Lipinski definition) is 4. The van der Waals surface area contributed by atoms with Gasteiger partial charge in [-0.25, -0.2) is 0 Å². The molecular weight excluding hydrogens is 336 g/mol. The van der Waals surface area contributed by atoms with Gasteiger partial charge in [0.2, 0.25) is 0 Å². The number of rotatable bonds is 3. The van der Waals surface area contributed by atoms with Crippen molar-refractivity contribution in [2.75, 3.05) is 26.2 Å². The van der Waals surface area contributed by atoms with Crippen LogP contribution >= 0.6 is 0 Å². The number of pyridine rings is 2. The summed E-state index contributed by atoms with van der Waals surface area (Å²) >= 11 is 0. The molecule has 3 heterocycles. The van der Waals surface area contributed by atoms with E-state index in [9.17, 15) is 4.79 Å². The Balaban J connectivity index is 1.50. The lowest BCUT2D eigenvalue weighted by Crippen LogP contribution is -2.48. The normalized spacial score (nSPS) is 15.3. The van der Waals surface area contributed by atoms with Gasteiger partial charge in [0.1, 0.15) is 0 Å². The van der Waals surface area contributed by atoms with Gasteiger partial charge in [0.05, 0.1) is 16.8 Å². The van der Waals surface area contributed by atoms with E-state index in [4.69, 9.17) is 0 Å². The van der Waals surface area contributed by atoms with Crippen molar-refractivity contribution < 1.29 is 4.79 Å². The highest BCUT2D eigenvalue weighted by atomic mass is 16.2. The van der Waals surface area contributed by atoms with E-state index in [-0.39, 0.29) is 5.91 Å². The SMILES string of the molecule is Cc1ccc2nc(C)cc(C(=O)N3CCN(Cc4ccccn4)CC3)c2c1. The maximum atomic E-state index is 13.2. The molecule has 0 saturated carbocycles. The van der Waals surface area contributed by atoms with Gasteiger partial charge in [-0.15, -0.1) is 0 Å². The van der Waals surface area contributed by atoms with Gasteiger partial charge in [-0.1, -0.05) is 17.7 Å². The maximum absolute atomic E-state index is 13.2. The minimum Gasteiger partial charge on any atom is -0.336 e. The van der Waals surface area contributed by atoms with Crippen LogP contribution in [-0.2, 0) is 6.54 Å². The van der Waals surface area contributed by atoms with E-state index in [1.54, 1.807) is 0 Å². The number of carbonyl (C=O) groups is 1. The molecule has 5 nitrogen and oxygen atoms in total. The van der Waals surface area contributed by atoms with Crippen molar-refractivity contribution >= 4 is 16.8 Å². The Kier molecular flexibility index (Phi) is 4.86. The minimum atomic E-state index is 0.105. The minimum absolute atomic E-state index is 0.105. The number of nitrogens with zero attached hydrogens (tertiary/aromatic N) is 4. The molecule has 0 radical (unpaired) electrons. The first-order valence-corrected chi connectivity index (χ1v) is 9.40. The predicted molar refractivity (Wildman–Crippen MR) is 107 cm³/mol. The fourth-order valence-electron chi connectivity index (χ4n) is 3.65. The third kappa shape index (κ3) is 3.83. The first-order valence-electron chi connectivity index (χ1n) is 9.40. The lowest BCUT2D eigenvalue weighted by molar-refractivity contribution is 0.0629. The Bertz CT molecular complexity index is 963. The summed E-state index contributed by atoms with van der Waals surface area (Å²) < 4.78 is 0. The van der Waals surface area contributed by atoms with Gasteiger partial charge < -0.3 is 4.90 Å². The lowest BCUT2D eigenvalue weighted by Gasteiger charge is -2.34. The van der Waals surface area contributed by atoms with Gasteiger partial charge in [-0.2, -0.15) is 0 Å². The van der Waals surface area contributed by atoms with Crippen LogP contribution in [0.1, 0.15) is 27.3 Å². The van der Waals surface area contributed by atoms with E-state index >= 15 is 0 Å². The van der Waals surface area contributed by atoms with Crippen molar-refractivity contribution in [3.8, 4) is 0 Å². The van der Waals surface area contributed by atoms with Gasteiger partial charge >= 0.3 is 0 Å². The Morgan fingerprint density at radius 1 is 1.04 bits per heavy atom. The van der Waals surface area contributed by atoms with E-state index in [2.05, 4.69) is 20.9 Å². The van der Waals surface area contributed by atoms with Crippen molar-refractivity contribution in [1.29, 1.82) is 0 Å². The highest BCUT2D eigenvalue weighted by Gasteiger charge is 2.24. The highest BCUT2D eigenvalue weighted by molar-refractivity contribution is 6.06. The molecule has 0 bridgehead atoms. The summed E-state index contributed by atoms with van der Waals surface area (Å²) in [4.78, 5) is 26.5. The summed E-state index contributed by atoms with van der Waals surface area (Å²) in [5.41, 5.74) is 4.74.